The summed E-state index contributed by atoms with van der Waals surface area (Å²) in [6.45, 7) is 5.30. The first-order valence-electron chi connectivity index (χ1n) is 10.1. The molecule has 0 fully saturated rings. The van der Waals surface area contributed by atoms with Gasteiger partial charge in [-0.1, -0.05) is 15.9 Å². The van der Waals surface area contributed by atoms with Crippen LogP contribution >= 0.6 is 15.9 Å². The van der Waals surface area contributed by atoms with Crippen LogP contribution in [0.1, 0.15) is 22.8 Å². The van der Waals surface area contributed by atoms with E-state index in [1.165, 1.54) is 4.68 Å². The van der Waals surface area contributed by atoms with Gasteiger partial charge in [-0.3, -0.25) is 4.79 Å². The lowest BCUT2D eigenvalue weighted by molar-refractivity contribution is -0.139. The highest BCUT2D eigenvalue weighted by Gasteiger charge is 2.12. The zero-order chi connectivity index (χ0) is 23.7. The Morgan fingerprint density at radius 2 is 1.88 bits per heavy atom. The van der Waals surface area contributed by atoms with Gasteiger partial charge in [-0.05, 0) is 69.3 Å². The van der Waals surface area contributed by atoms with Crippen LogP contribution in [0, 0.1) is 20.8 Å². The number of aryl methyl sites for hydroxylation is 2. The first-order chi connectivity index (χ1) is 15.7. The number of hydrogen-bond acceptors (Lipinski definition) is 5. The molecule has 4 aromatic rings. The monoisotopic (exact) mass is 508 g/mol. The van der Waals surface area contributed by atoms with Crippen molar-refractivity contribution in [3.63, 3.8) is 0 Å². The summed E-state index contributed by atoms with van der Waals surface area (Å²) in [5.74, 6) is -0.0452. The maximum Gasteiger partial charge on any atom is 0.341 e. The fourth-order valence-electron chi connectivity index (χ4n) is 3.67. The maximum absolute atomic E-state index is 13.0. The molecule has 2 aromatic heterocycles. The van der Waals surface area contributed by atoms with Crippen molar-refractivity contribution < 1.29 is 14.6 Å². The molecule has 8 nitrogen and oxygen atoms in total. The van der Waals surface area contributed by atoms with Gasteiger partial charge in [-0.15, -0.1) is 0 Å². The summed E-state index contributed by atoms with van der Waals surface area (Å²) >= 11 is 3.40. The molecule has 0 saturated heterocycles. The summed E-state index contributed by atoms with van der Waals surface area (Å²) in [5, 5.41) is 13.7. The SMILES string of the molecule is Cc1cc(C=Nn2c(C)nc3ccc(Br)cc3c2=O)c(C)n1-c1ccc(OCC(=O)O)cc1. The van der Waals surface area contributed by atoms with Crippen molar-refractivity contribution in [2.45, 2.75) is 20.8 Å². The molecule has 0 saturated carbocycles. The standard InChI is InChI=1S/C24H21BrN4O4/c1-14-10-17(15(2)28(14)19-5-7-20(8-6-19)33-13-23(30)31)12-26-29-16(3)27-22-9-4-18(25)11-21(22)24(29)32/h4-12H,13H2,1-3H3,(H,30,31). The number of carbonyl (C=O) groups is 1. The van der Waals surface area contributed by atoms with Gasteiger partial charge in [0.15, 0.2) is 6.61 Å². The van der Waals surface area contributed by atoms with E-state index in [-0.39, 0.29) is 12.2 Å². The summed E-state index contributed by atoms with van der Waals surface area (Å²) < 4.78 is 9.35. The van der Waals surface area contributed by atoms with Crippen LogP contribution in [-0.4, -0.2) is 38.1 Å². The van der Waals surface area contributed by atoms with Crippen molar-refractivity contribution in [2.75, 3.05) is 6.61 Å². The summed E-state index contributed by atoms with van der Waals surface area (Å²) in [7, 11) is 0. The second-order valence-corrected chi connectivity index (χ2v) is 8.44. The molecule has 0 aliphatic heterocycles. The van der Waals surface area contributed by atoms with Crippen molar-refractivity contribution in [3.8, 4) is 11.4 Å². The van der Waals surface area contributed by atoms with Crippen LogP contribution in [0.2, 0.25) is 0 Å². The second kappa shape index (κ2) is 9.03. The Morgan fingerprint density at radius 3 is 2.58 bits per heavy atom. The second-order valence-electron chi connectivity index (χ2n) is 7.52. The highest BCUT2D eigenvalue weighted by atomic mass is 79.9. The largest absolute Gasteiger partial charge is 0.482 e. The van der Waals surface area contributed by atoms with Crippen molar-refractivity contribution in [1.82, 2.24) is 14.2 Å². The summed E-state index contributed by atoms with van der Waals surface area (Å²) in [6, 6.07) is 14.6. The van der Waals surface area contributed by atoms with Gasteiger partial charge in [0, 0.05) is 27.1 Å². The molecule has 2 heterocycles. The first kappa shape index (κ1) is 22.5. The Hall–Kier alpha value is -3.72. The van der Waals surface area contributed by atoms with E-state index in [1.54, 1.807) is 37.4 Å². The predicted octanol–water partition coefficient (Wildman–Crippen LogP) is 4.22. The molecule has 0 unspecified atom stereocenters. The van der Waals surface area contributed by atoms with Crippen molar-refractivity contribution >= 4 is 39.0 Å². The normalized spacial score (nSPS) is 11.4. The van der Waals surface area contributed by atoms with E-state index in [9.17, 15) is 9.59 Å². The Labute approximate surface area is 197 Å². The average Bonchev–Trinajstić information content (AvgIpc) is 3.06. The molecular weight excluding hydrogens is 488 g/mol. The van der Waals surface area contributed by atoms with E-state index < -0.39 is 5.97 Å². The van der Waals surface area contributed by atoms with Gasteiger partial charge in [0.05, 0.1) is 17.1 Å². The molecule has 0 radical (unpaired) electrons. The third-order valence-electron chi connectivity index (χ3n) is 5.21. The van der Waals surface area contributed by atoms with Crippen molar-refractivity contribution in [2.24, 2.45) is 5.10 Å². The minimum Gasteiger partial charge on any atom is -0.482 e. The fourth-order valence-corrected chi connectivity index (χ4v) is 4.03. The highest BCUT2D eigenvalue weighted by Crippen LogP contribution is 2.22. The molecule has 0 bridgehead atoms. The molecular formula is C24H21BrN4O4. The van der Waals surface area contributed by atoms with Gasteiger partial charge >= 0.3 is 5.97 Å². The van der Waals surface area contributed by atoms with Gasteiger partial charge in [0.1, 0.15) is 11.6 Å². The molecule has 0 amide bonds. The van der Waals surface area contributed by atoms with Crippen LogP contribution in [0.4, 0.5) is 0 Å². The third-order valence-corrected chi connectivity index (χ3v) is 5.70. The minimum atomic E-state index is -1.02. The summed E-state index contributed by atoms with van der Waals surface area (Å²) in [5.41, 5.74) is 4.08. The number of nitrogens with zero attached hydrogens (tertiary/aromatic N) is 4. The van der Waals surface area contributed by atoms with Crippen LogP contribution in [0.5, 0.6) is 5.75 Å². The molecule has 2 aromatic carbocycles. The Morgan fingerprint density at radius 1 is 1.15 bits per heavy atom. The molecule has 168 valence electrons. The number of carboxylic acids is 1. The number of rotatable bonds is 6. The molecule has 0 aliphatic carbocycles. The van der Waals surface area contributed by atoms with E-state index >= 15 is 0 Å². The van der Waals surface area contributed by atoms with Crippen molar-refractivity contribution in [1.29, 1.82) is 0 Å². The van der Waals surface area contributed by atoms with Gasteiger partial charge in [-0.25, -0.2) is 9.78 Å². The fraction of sp³-hybridized carbons (Fsp3) is 0.167. The van der Waals surface area contributed by atoms with E-state index in [2.05, 4.69) is 26.0 Å². The smallest absolute Gasteiger partial charge is 0.341 e. The molecule has 1 N–H and O–H groups in total. The number of hydrogen-bond donors (Lipinski definition) is 1. The molecule has 4 rings (SSSR count). The average molecular weight is 509 g/mol. The summed E-state index contributed by atoms with van der Waals surface area (Å²) in [6.07, 6.45) is 1.66. The van der Waals surface area contributed by atoms with E-state index in [4.69, 9.17) is 9.84 Å². The zero-order valence-electron chi connectivity index (χ0n) is 18.2. The number of benzene rings is 2. The van der Waals surface area contributed by atoms with Crippen LogP contribution in [-0.2, 0) is 4.79 Å². The van der Waals surface area contributed by atoms with Crippen LogP contribution in [0.15, 0.2) is 62.9 Å². The number of fused-ring (bicyclic) bond motifs is 1. The van der Waals surface area contributed by atoms with Gasteiger partial charge in [-0.2, -0.15) is 9.78 Å². The summed E-state index contributed by atoms with van der Waals surface area (Å²) in [4.78, 5) is 28.1. The lowest BCUT2D eigenvalue weighted by atomic mass is 10.2. The highest BCUT2D eigenvalue weighted by molar-refractivity contribution is 9.10. The topological polar surface area (TPSA) is 98.7 Å². The Balaban J connectivity index is 1.67. The zero-order valence-corrected chi connectivity index (χ0v) is 19.8. The van der Waals surface area contributed by atoms with Gasteiger partial charge in [0.2, 0.25) is 0 Å². The number of carboxylic acid groups (broad SMARTS) is 1. The van der Waals surface area contributed by atoms with Crippen LogP contribution in [0.25, 0.3) is 16.6 Å². The molecule has 0 aliphatic rings. The quantitative estimate of drug-likeness (QED) is 0.393. The maximum atomic E-state index is 13.0. The number of ether oxygens (including phenoxy) is 1. The van der Waals surface area contributed by atoms with Crippen LogP contribution < -0.4 is 10.3 Å². The van der Waals surface area contributed by atoms with Gasteiger partial charge < -0.3 is 14.4 Å². The molecule has 0 spiro atoms. The lowest BCUT2D eigenvalue weighted by Crippen LogP contribution is -2.20. The Kier molecular flexibility index (Phi) is 6.15. The number of aliphatic carboxylic acids is 1. The third kappa shape index (κ3) is 4.58. The number of halogens is 1. The molecule has 0 atom stereocenters. The van der Waals surface area contributed by atoms with Crippen molar-refractivity contribution in [3.05, 3.63) is 86.1 Å². The number of aromatic nitrogens is 3. The van der Waals surface area contributed by atoms with E-state index in [0.717, 1.165) is 27.1 Å². The minimum absolute atomic E-state index is 0.235. The van der Waals surface area contributed by atoms with E-state index in [1.807, 2.05) is 42.7 Å². The van der Waals surface area contributed by atoms with Gasteiger partial charge in [0.25, 0.3) is 5.56 Å². The van der Waals surface area contributed by atoms with E-state index in [0.29, 0.717) is 22.5 Å². The Bertz CT molecular complexity index is 1450. The first-order valence-corrected chi connectivity index (χ1v) is 10.9. The van der Waals surface area contributed by atoms with Crippen LogP contribution in [0.3, 0.4) is 0 Å². The molecule has 33 heavy (non-hydrogen) atoms. The predicted molar refractivity (Wildman–Crippen MR) is 130 cm³/mol. The lowest BCUT2D eigenvalue weighted by Gasteiger charge is -2.11. The molecule has 9 heteroatoms.